The van der Waals surface area contributed by atoms with Gasteiger partial charge in [-0.25, -0.2) is 0 Å². The normalized spacial score (nSPS) is 10.1. The molecule has 0 fully saturated rings. The lowest BCUT2D eigenvalue weighted by molar-refractivity contribution is 0.102. The SMILES string of the molecule is Cn1cc(NC(=O)c2ccccc2Cl)nn1. The summed E-state index contributed by atoms with van der Waals surface area (Å²) in [6, 6.07) is 6.82. The lowest BCUT2D eigenvalue weighted by atomic mass is 10.2. The summed E-state index contributed by atoms with van der Waals surface area (Å²) in [7, 11) is 1.72. The molecule has 0 aliphatic carbocycles. The number of carbonyl (C=O) groups excluding carboxylic acids is 1. The van der Waals surface area contributed by atoms with Crippen LogP contribution in [0, 0.1) is 0 Å². The number of aromatic nitrogens is 3. The zero-order chi connectivity index (χ0) is 11.5. The van der Waals surface area contributed by atoms with Crippen LogP contribution in [0.5, 0.6) is 0 Å². The van der Waals surface area contributed by atoms with Gasteiger partial charge in [0.2, 0.25) is 0 Å². The molecule has 6 heteroatoms. The zero-order valence-electron chi connectivity index (χ0n) is 8.51. The molecule has 82 valence electrons. The van der Waals surface area contributed by atoms with Crippen LogP contribution in [-0.4, -0.2) is 20.9 Å². The average Bonchev–Trinajstić information content (AvgIpc) is 2.64. The summed E-state index contributed by atoms with van der Waals surface area (Å²) < 4.78 is 1.50. The molecule has 16 heavy (non-hydrogen) atoms. The fraction of sp³-hybridized carbons (Fsp3) is 0.100. The zero-order valence-corrected chi connectivity index (χ0v) is 9.27. The van der Waals surface area contributed by atoms with E-state index in [1.165, 1.54) is 4.68 Å². The van der Waals surface area contributed by atoms with Crippen molar-refractivity contribution in [3.8, 4) is 0 Å². The molecule has 0 atom stereocenters. The number of hydrogen-bond donors (Lipinski definition) is 1. The van der Waals surface area contributed by atoms with Gasteiger partial charge in [0.15, 0.2) is 5.82 Å². The van der Waals surface area contributed by atoms with Crippen molar-refractivity contribution in [1.29, 1.82) is 0 Å². The third-order valence-corrected chi connectivity index (χ3v) is 2.29. The maximum Gasteiger partial charge on any atom is 0.258 e. The summed E-state index contributed by atoms with van der Waals surface area (Å²) in [6.45, 7) is 0. The summed E-state index contributed by atoms with van der Waals surface area (Å²) >= 11 is 5.89. The number of amides is 1. The van der Waals surface area contributed by atoms with E-state index < -0.39 is 0 Å². The second-order valence-electron chi connectivity index (χ2n) is 3.21. The molecule has 0 aliphatic heterocycles. The van der Waals surface area contributed by atoms with Crippen LogP contribution >= 0.6 is 11.6 Å². The third kappa shape index (κ3) is 2.20. The Labute approximate surface area is 97.0 Å². The Kier molecular flexibility index (Phi) is 2.87. The Morgan fingerprint density at radius 3 is 2.81 bits per heavy atom. The van der Waals surface area contributed by atoms with Gasteiger partial charge in [0, 0.05) is 7.05 Å². The van der Waals surface area contributed by atoms with Gasteiger partial charge in [0.25, 0.3) is 5.91 Å². The van der Waals surface area contributed by atoms with Crippen LogP contribution in [0.1, 0.15) is 10.4 Å². The van der Waals surface area contributed by atoms with Crippen molar-refractivity contribution in [3.63, 3.8) is 0 Å². The molecule has 0 spiro atoms. The predicted octanol–water partition coefficient (Wildman–Crippen LogP) is 1.72. The molecule has 1 aromatic heterocycles. The van der Waals surface area contributed by atoms with Crippen molar-refractivity contribution in [2.24, 2.45) is 7.05 Å². The second kappa shape index (κ2) is 4.32. The summed E-state index contributed by atoms with van der Waals surface area (Å²) in [5, 5.41) is 10.5. The average molecular weight is 237 g/mol. The molecule has 2 aromatic rings. The highest BCUT2D eigenvalue weighted by atomic mass is 35.5. The van der Waals surface area contributed by atoms with Gasteiger partial charge in [0.1, 0.15) is 0 Å². The molecule has 0 unspecified atom stereocenters. The first-order chi connectivity index (χ1) is 7.66. The summed E-state index contributed by atoms with van der Waals surface area (Å²) in [5.41, 5.74) is 0.412. The highest BCUT2D eigenvalue weighted by Gasteiger charge is 2.10. The monoisotopic (exact) mass is 236 g/mol. The van der Waals surface area contributed by atoms with Gasteiger partial charge < -0.3 is 5.32 Å². The van der Waals surface area contributed by atoms with Crippen LogP contribution in [0.15, 0.2) is 30.5 Å². The Morgan fingerprint density at radius 1 is 1.44 bits per heavy atom. The van der Waals surface area contributed by atoms with Crippen LogP contribution < -0.4 is 5.32 Å². The van der Waals surface area contributed by atoms with Gasteiger partial charge >= 0.3 is 0 Å². The van der Waals surface area contributed by atoms with E-state index in [9.17, 15) is 4.79 Å². The standard InChI is InChI=1S/C10H9ClN4O/c1-15-6-9(13-14-15)12-10(16)7-4-2-3-5-8(7)11/h2-6H,1H3,(H,12,16). The number of aryl methyl sites for hydroxylation is 1. The molecule has 0 aliphatic rings. The van der Waals surface area contributed by atoms with E-state index in [2.05, 4.69) is 15.6 Å². The van der Waals surface area contributed by atoms with Gasteiger partial charge in [-0.05, 0) is 12.1 Å². The maximum absolute atomic E-state index is 11.8. The number of anilines is 1. The first kappa shape index (κ1) is 10.6. The van der Waals surface area contributed by atoms with E-state index in [0.29, 0.717) is 16.4 Å². The van der Waals surface area contributed by atoms with Crippen molar-refractivity contribution in [3.05, 3.63) is 41.0 Å². The quantitative estimate of drug-likeness (QED) is 0.864. The smallest absolute Gasteiger partial charge is 0.258 e. The first-order valence-corrected chi connectivity index (χ1v) is 4.97. The minimum atomic E-state index is -0.300. The molecule has 1 amide bonds. The highest BCUT2D eigenvalue weighted by molar-refractivity contribution is 6.34. The minimum absolute atomic E-state index is 0.300. The molecule has 0 radical (unpaired) electrons. The van der Waals surface area contributed by atoms with Crippen molar-refractivity contribution < 1.29 is 4.79 Å². The number of hydrogen-bond acceptors (Lipinski definition) is 3. The van der Waals surface area contributed by atoms with Crippen LogP contribution in [-0.2, 0) is 7.05 Å². The topological polar surface area (TPSA) is 59.8 Å². The van der Waals surface area contributed by atoms with Gasteiger partial charge in [-0.3, -0.25) is 9.48 Å². The number of halogens is 1. The van der Waals surface area contributed by atoms with E-state index >= 15 is 0 Å². The van der Waals surface area contributed by atoms with Gasteiger partial charge in [-0.15, -0.1) is 5.10 Å². The molecular weight excluding hydrogens is 228 g/mol. The predicted molar refractivity (Wildman–Crippen MR) is 60.4 cm³/mol. The van der Waals surface area contributed by atoms with E-state index in [0.717, 1.165) is 0 Å². The lowest BCUT2D eigenvalue weighted by Crippen LogP contribution is -2.12. The molecular formula is C10H9ClN4O. The maximum atomic E-state index is 11.8. The fourth-order valence-corrected chi connectivity index (χ4v) is 1.46. The van der Waals surface area contributed by atoms with Crippen LogP contribution in [0.25, 0.3) is 0 Å². The van der Waals surface area contributed by atoms with Crippen molar-refractivity contribution in [2.45, 2.75) is 0 Å². The van der Waals surface area contributed by atoms with E-state index in [1.54, 1.807) is 37.5 Å². The van der Waals surface area contributed by atoms with E-state index in [4.69, 9.17) is 11.6 Å². The molecule has 1 aromatic carbocycles. The Hall–Kier alpha value is -1.88. The van der Waals surface area contributed by atoms with Crippen LogP contribution in [0.4, 0.5) is 5.82 Å². The number of nitrogens with zero attached hydrogens (tertiary/aromatic N) is 3. The molecule has 5 nitrogen and oxygen atoms in total. The molecule has 0 bridgehead atoms. The first-order valence-electron chi connectivity index (χ1n) is 4.59. The molecule has 0 saturated heterocycles. The van der Waals surface area contributed by atoms with Gasteiger partial charge in [-0.2, -0.15) is 0 Å². The van der Waals surface area contributed by atoms with Gasteiger partial charge in [-0.1, -0.05) is 28.9 Å². The number of nitrogens with one attached hydrogen (secondary N) is 1. The highest BCUT2D eigenvalue weighted by Crippen LogP contribution is 2.16. The molecule has 0 saturated carbocycles. The van der Waals surface area contributed by atoms with Crippen LogP contribution in [0.2, 0.25) is 5.02 Å². The largest absolute Gasteiger partial charge is 0.304 e. The third-order valence-electron chi connectivity index (χ3n) is 1.96. The Morgan fingerprint density at radius 2 is 2.19 bits per heavy atom. The number of rotatable bonds is 2. The van der Waals surface area contributed by atoms with Crippen molar-refractivity contribution >= 4 is 23.3 Å². The second-order valence-corrected chi connectivity index (χ2v) is 3.62. The van der Waals surface area contributed by atoms with Crippen molar-refractivity contribution in [2.75, 3.05) is 5.32 Å². The number of benzene rings is 1. The van der Waals surface area contributed by atoms with E-state index in [1.807, 2.05) is 0 Å². The van der Waals surface area contributed by atoms with Crippen molar-refractivity contribution in [1.82, 2.24) is 15.0 Å². The van der Waals surface area contributed by atoms with Crippen LogP contribution in [0.3, 0.4) is 0 Å². The number of carbonyl (C=O) groups is 1. The summed E-state index contributed by atoms with van der Waals surface area (Å²) in [5.74, 6) is 0.0959. The lowest BCUT2D eigenvalue weighted by Gasteiger charge is -2.02. The minimum Gasteiger partial charge on any atom is -0.304 e. The van der Waals surface area contributed by atoms with E-state index in [-0.39, 0.29) is 5.91 Å². The Balaban J connectivity index is 2.18. The Bertz CT molecular complexity index is 523. The fourth-order valence-electron chi connectivity index (χ4n) is 1.23. The van der Waals surface area contributed by atoms with Gasteiger partial charge in [0.05, 0.1) is 16.8 Å². The summed E-state index contributed by atoms with van der Waals surface area (Å²) in [6.07, 6.45) is 1.61. The summed E-state index contributed by atoms with van der Waals surface area (Å²) in [4.78, 5) is 11.8. The molecule has 2 rings (SSSR count). The molecule has 1 heterocycles. The molecule has 1 N–H and O–H groups in total.